The van der Waals surface area contributed by atoms with Crippen molar-refractivity contribution in [1.82, 2.24) is 20.3 Å². The quantitative estimate of drug-likeness (QED) is 0.186. The van der Waals surface area contributed by atoms with Gasteiger partial charge in [0.25, 0.3) is 0 Å². The second kappa shape index (κ2) is 14.8. The highest BCUT2D eigenvalue weighted by molar-refractivity contribution is 5.98. The molecule has 1 aliphatic carbocycles. The Balaban J connectivity index is 1.71. The molecule has 2 atom stereocenters. The van der Waals surface area contributed by atoms with Gasteiger partial charge < -0.3 is 39.2 Å². The second-order valence-corrected chi connectivity index (χ2v) is 13.8. The highest BCUT2D eigenvalue weighted by Gasteiger charge is 2.55. The number of aromatic nitrogens is 3. The number of allylic oxidation sites excluding steroid dienone is 4. The van der Waals surface area contributed by atoms with Gasteiger partial charge in [0.1, 0.15) is 5.92 Å². The molecule has 0 saturated carbocycles. The van der Waals surface area contributed by atoms with E-state index in [2.05, 4.69) is 26.8 Å². The van der Waals surface area contributed by atoms with Crippen molar-refractivity contribution >= 4 is 54.3 Å². The molecule has 8 bridgehead atoms. The van der Waals surface area contributed by atoms with Crippen LogP contribution in [0.2, 0.25) is 0 Å². The minimum atomic E-state index is -1.09. The van der Waals surface area contributed by atoms with E-state index in [0.29, 0.717) is 24.2 Å². The molecule has 4 N–H and O–H groups in total. The number of carbonyl (C=O) groups is 4. The lowest BCUT2D eigenvalue weighted by atomic mass is 9.64. The summed E-state index contributed by atoms with van der Waals surface area (Å²) in [7, 11) is 5.34. The Kier molecular flexibility index (Phi) is 10.3. The SMILES string of the molecule is C=Cc1c2[nH]c(c1C)C=c1[nH]c(c(CCC(=O)OC)c1C)=Cc1[nH]c(c(C)c1CCC(=O)OC)C=C1NC(=C2)C2(C)C1=CC=C(C(=O)OC)C2C(=O)OC. The molecule has 282 valence electrons. The number of carbonyl (C=O) groups excluding carboxylic acids is 4. The molecule has 54 heavy (non-hydrogen) atoms. The van der Waals surface area contributed by atoms with Crippen molar-refractivity contribution in [2.75, 3.05) is 28.4 Å². The monoisotopic (exact) mass is 734 g/mol. The summed E-state index contributed by atoms with van der Waals surface area (Å²) >= 11 is 0. The predicted molar refractivity (Wildman–Crippen MR) is 205 cm³/mol. The van der Waals surface area contributed by atoms with Crippen molar-refractivity contribution in [2.45, 2.75) is 53.4 Å². The molecular formula is C42H46N4O8. The van der Waals surface area contributed by atoms with E-state index in [9.17, 15) is 19.2 Å². The third-order valence-electron chi connectivity index (χ3n) is 11.1. The minimum absolute atomic E-state index is 0.167. The first kappa shape index (κ1) is 37.7. The predicted octanol–water partition coefficient (Wildman–Crippen LogP) is 4.24. The fourth-order valence-electron chi connectivity index (χ4n) is 7.95. The van der Waals surface area contributed by atoms with E-state index in [0.717, 1.165) is 72.4 Å². The maximum absolute atomic E-state index is 13.7. The average molecular weight is 735 g/mol. The van der Waals surface area contributed by atoms with Crippen LogP contribution < -0.4 is 16.0 Å². The molecule has 0 radical (unpaired) electrons. The van der Waals surface area contributed by atoms with Gasteiger partial charge in [-0.15, -0.1) is 0 Å². The molecule has 12 nitrogen and oxygen atoms in total. The number of hydrogen-bond donors (Lipinski definition) is 4. The Bertz CT molecular complexity index is 2360. The first-order chi connectivity index (χ1) is 25.8. The highest BCUT2D eigenvalue weighted by atomic mass is 16.5. The lowest BCUT2D eigenvalue weighted by Crippen LogP contribution is -2.40. The van der Waals surface area contributed by atoms with Crippen LogP contribution in [0, 0.1) is 32.1 Å². The first-order valence-corrected chi connectivity index (χ1v) is 17.7. The molecule has 0 spiro atoms. The minimum Gasteiger partial charge on any atom is -0.469 e. The van der Waals surface area contributed by atoms with Crippen LogP contribution >= 0.6 is 0 Å². The zero-order valence-electron chi connectivity index (χ0n) is 31.9. The summed E-state index contributed by atoms with van der Waals surface area (Å²) in [5.41, 5.74) is 9.91. The molecule has 0 amide bonds. The zero-order valence-corrected chi connectivity index (χ0v) is 31.9. The van der Waals surface area contributed by atoms with Gasteiger partial charge in [0.15, 0.2) is 0 Å². The molecule has 2 unspecified atom stereocenters. The summed E-state index contributed by atoms with van der Waals surface area (Å²) in [5, 5.41) is 5.27. The first-order valence-electron chi connectivity index (χ1n) is 17.7. The summed E-state index contributed by atoms with van der Waals surface area (Å²) in [6, 6.07) is 0. The summed E-state index contributed by atoms with van der Waals surface area (Å²) in [6.07, 6.45) is 14.4. The summed E-state index contributed by atoms with van der Waals surface area (Å²) in [6.45, 7) is 12.0. The van der Waals surface area contributed by atoms with E-state index >= 15 is 0 Å². The van der Waals surface area contributed by atoms with Gasteiger partial charge in [-0.3, -0.25) is 14.4 Å². The molecule has 5 heterocycles. The summed E-state index contributed by atoms with van der Waals surface area (Å²) < 4.78 is 20.4. The van der Waals surface area contributed by atoms with Gasteiger partial charge in [-0.05, 0) is 98.2 Å². The number of fused-ring (bicyclic) bond motifs is 11. The molecule has 3 aromatic heterocycles. The molecule has 3 aliphatic rings. The third kappa shape index (κ3) is 6.35. The summed E-state index contributed by atoms with van der Waals surface area (Å²) in [4.78, 5) is 62.4. The van der Waals surface area contributed by atoms with Crippen molar-refractivity contribution in [3.8, 4) is 0 Å². The fraction of sp³-hybridized carbons (Fsp3) is 0.333. The normalized spacial score (nSPS) is 18.3. The lowest BCUT2D eigenvalue weighted by Gasteiger charge is -2.36. The molecule has 0 aromatic carbocycles. The van der Waals surface area contributed by atoms with Crippen molar-refractivity contribution in [3.05, 3.63) is 108 Å². The molecule has 12 heteroatoms. The molecular weight excluding hydrogens is 688 g/mol. The van der Waals surface area contributed by atoms with Crippen LogP contribution in [0.15, 0.2) is 41.3 Å². The number of rotatable bonds is 9. The van der Waals surface area contributed by atoms with Crippen LogP contribution in [0.1, 0.15) is 75.9 Å². The number of methoxy groups -OCH3 is 4. The Hall–Kier alpha value is -6.04. The maximum Gasteiger partial charge on any atom is 0.334 e. The van der Waals surface area contributed by atoms with E-state index in [1.807, 2.05) is 58.1 Å². The lowest BCUT2D eigenvalue weighted by molar-refractivity contribution is -0.150. The fourth-order valence-corrected chi connectivity index (χ4v) is 7.95. The summed E-state index contributed by atoms with van der Waals surface area (Å²) in [5.74, 6) is -2.89. The molecule has 1 fully saturated rings. The molecule has 1 saturated heterocycles. The van der Waals surface area contributed by atoms with Gasteiger partial charge in [-0.2, -0.15) is 0 Å². The van der Waals surface area contributed by atoms with Crippen molar-refractivity contribution in [1.29, 1.82) is 0 Å². The number of esters is 4. The standard InChI is InChI=1S/C42H46N4O8/c1-10-24-21(2)29-17-30-22(3)25(12-15-37(47)51-6)32(43-30)19-33-26(13-16-38(48)52-7)23(4)31(44-33)18-35-28-14-11-27(40(49)53-8)39(41(50)54-9)42(28,5)36(46-35)20-34(24)45-29/h10-11,14,17-20,39,43-46H,1,12-13,15-16H2,2-9H3. The number of aromatic amines is 3. The Morgan fingerprint density at radius 2 is 1.35 bits per heavy atom. The van der Waals surface area contributed by atoms with Crippen LogP contribution in [0.5, 0.6) is 0 Å². The largest absolute Gasteiger partial charge is 0.469 e. The van der Waals surface area contributed by atoms with E-state index in [-0.39, 0.29) is 30.4 Å². The average Bonchev–Trinajstić information content (AvgIpc) is 3.82. The Labute approximate surface area is 313 Å². The van der Waals surface area contributed by atoms with Crippen LogP contribution in [0.3, 0.4) is 0 Å². The van der Waals surface area contributed by atoms with E-state index in [1.54, 1.807) is 12.2 Å². The molecule has 6 rings (SSSR count). The molecule has 2 aliphatic heterocycles. The molecule has 3 aromatic rings. The highest BCUT2D eigenvalue weighted by Crippen LogP contribution is 2.55. The topological polar surface area (TPSA) is 165 Å². The number of hydrogen-bond acceptors (Lipinski definition) is 9. The van der Waals surface area contributed by atoms with Gasteiger partial charge >= 0.3 is 23.9 Å². The van der Waals surface area contributed by atoms with Gasteiger partial charge in [0.05, 0.1) is 39.4 Å². The van der Waals surface area contributed by atoms with Gasteiger partial charge in [-0.1, -0.05) is 24.8 Å². The van der Waals surface area contributed by atoms with Crippen LogP contribution in [-0.2, 0) is 51.0 Å². The van der Waals surface area contributed by atoms with Gasteiger partial charge in [0, 0.05) is 63.3 Å². The third-order valence-corrected chi connectivity index (χ3v) is 11.1. The Morgan fingerprint density at radius 3 is 1.98 bits per heavy atom. The van der Waals surface area contributed by atoms with Crippen LogP contribution in [0.25, 0.3) is 30.4 Å². The maximum atomic E-state index is 13.7. The second-order valence-electron chi connectivity index (χ2n) is 13.8. The van der Waals surface area contributed by atoms with E-state index in [4.69, 9.17) is 18.9 Å². The van der Waals surface area contributed by atoms with E-state index < -0.39 is 23.3 Å². The van der Waals surface area contributed by atoms with Crippen LogP contribution in [-0.4, -0.2) is 67.3 Å². The van der Waals surface area contributed by atoms with Crippen molar-refractivity contribution in [2.24, 2.45) is 11.3 Å². The Morgan fingerprint density at radius 1 is 0.722 bits per heavy atom. The number of ether oxygens (including phenoxy) is 4. The van der Waals surface area contributed by atoms with Gasteiger partial charge in [-0.25, -0.2) is 4.79 Å². The zero-order chi connectivity index (χ0) is 39.1. The number of nitrogens with one attached hydrogen (secondary N) is 4. The smallest absolute Gasteiger partial charge is 0.334 e. The number of H-pyrrole nitrogens is 3. The van der Waals surface area contributed by atoms with Crippen LogP contribution in [0.4, 0.5) is 0 Å². The van der Waals surface area contributed by atoms with Gasteiger partial charge in [0.2, 0.25) is 0 Å². The van der Waals surface area contributed by atoms with Crippen molar-refractivity contribution < 1.29 is 38.1 Å². The van der Waals surface area contributed by atoms with E-state index in [1.165, 1.54) is 28.4 Å². The van der Waals surface area contributed by atoms with Crippen molar-refractivity contribution in [3.63, 3.8) is 0 Å².